The van der Waals surface area contributed by atoms with Crippen molar-refractivity contribution in [3.8, 4) is 0 Å². The maximum Gasteiger partial charge on any atom is 0.243 e. The van der Waals surface area contributed by atoms with Crippen LogP contribution in [-0.2, 0) is 21.4 Å². The van der Waals surface area contributed by atoms with Crippen LogP contribution in [0.2, 0.25) is 0 Å². The number of furan rings is 1. The minimum atomic E-state index is -3.69. The summed E-state index contributed by atoms with van der Waals surface area (Å²) in [7, 11) is -3.69. The molecule has 1 aliphatic heterocycles. The van der Waals surface area contributed by atoms with Gasteiger partial charge in [0, 0.05) is 13.1 Å². The first kappa shape index (κ1) is 25.6. The lowest BCUT2D eigenvalue weighted by atomic mass is 9.98. The Labute approximate surface area is 221 Å². The molecule has 0 bridgehead atoms. The lowest BCUT2D eigenvalue weighted by Gasteiger charge is -2.33. The number of carbonyl (C=O) groups is 1. The van der Waals surface area contributed by atoms with Crippen LogP contribution in [0.5, 0.6) is 0 Å². The van der Waals surface area contributed by atoms with Crippen molar-refractivity contribution in [3.05, 3.63) is 77.7 Å². The van der Waals surface area contributed by atoms with Crippen molar-refractivity contribution in [3.63, 3.8) is 0 Å². The molecule has 1 fully saturated rings. The lowest BCUT2D eigenvalue weighted by molar-refractivity contribution is -0.123. The molecule has 194 valence electrons. The summed E-state index contributed by atoms with van der Waals surface area (Å²) in [5, 5.41) is 0.600. The summed E-state index contributed by atoms with van der Waals surface area (Å²) in [6.07, 6.45) is 2.83. The van der Waals surface area contributed by atoms with Crippen LogP contribution >= 0.6 is 11.3 Å². The summed E-state index contributed by atoms with van der Waals surface area (Å²) in [6.45, 7) is 6.97. The number of aromatic nitrogens is 1. The summed E-state index contributed by atoms with van der Waals surface area (Å²) in [5.41, 5.74) is 3.04. The number of thiazole rings is 1. The van der Waals surface area contributed by atoms with E-state index in [0.29, 0.717) is 36.2 Å². The molecule has 0 saturated carbocycles. The highest BCUT2D eigenvalue weighted by atomic mass is 32.2. The number of hydrogen-bond donors (Lipinski definition) is 0. The molecular weight excluding hydrogens is 506 g/mol. The van der Waals surface area contributed by atoms with Crippen LogP contribution in [0.15, 0.2) is 70.2 Å². The molecule has 1 amide bonds. The van der Waals surface area contributed by atoms with Crippen molar-refractivity contribution in [1.29, 1.82) is 0 Å². The van der Waals surface area contributed by atoms with E-state index in [1.165, 1.54) is 15.6 Å². The Hall–Kier alpha value is -3.01. The molecule has 4 aromatic rings. The molecule has 1 unspecified atom stereocenters. The van der Waals surface area contributed by atoms with Gasteiger partial charge in [-0.2, -0.15) is 4.31 Å². The maximum absolute atomic E-state index is 14.0. The Bertz CT molecular complexity index is 1490. The smallest absolute Gasteiger partial charge is 0.243 e. The third-order valence-electron chi connectivity index (χ3n) is 6.84. The number of nitrogens with zero attached hydrogens (tertiary/aromatic N) is 3. The second kappa shape index (κ2) is 10.4. The topological polar surface area (TPSA) is 83.7 Å². The van der Waals surface area contributed by atoms with E-state index in [-0.39, 0.29) is 23.9 Å². The number of anilines is 1. The number of sulfonamides is 1. The van der Waals surface area contributed by atoms with E-state index >= 15 is 0 Å². The fraction of sp³-hybridized carbons (Fsp3) is 0.357. The van der Waals surface area contributed by atoms with Gasteiger partial charge in [0.05, 0.1) is 33.8 Å². The highest BCUT2D eigenvalue weighted by Gasteiger charge is 2.36. The zero-order valence-electron chi connectivity index (χ0n) is 21.3. The van der Waals surface area contributed by atoms with Crippen LogP contribution in [0.25, 0.3) is 10.2 Å². The number of fused-ring (bicyclic) bond motifs is 1. The predicted octanol–water partition coefficient (Wildman–Crippen LogP) is 5.96. The molecule has 1 saturated heterocycles. The van der Waals surface area contributed by atoms with Crippen molar-refractivity contribution in [2.45, 2.75) is 51.0 Å². The number of carbonyl (C=O) groups excluding carboxylic acids is 1. The van der Waals surface area contributed by atoms with Crippen molar-refractivity contribution in [2.24, 2.45) is 5.92 Å². The number of benzene rings is 2. The third kappa shape index (κ3) is 5.21. The van der Waals surface area contributed by atoms with Gasteiger partial charge >= 0.3 is 0 Å². The van der Waals surface area contributed by atoms with E-state index in [4.69, 9.17) is 9.40 Å². The number of para-hydroxylation sites is 1. The third-order valence-corrected chi connectivity index (χ3v) is 9.77. The van der Waals surface area contributed by atoms with Crippen LogP contribution < -0.4 is 4.90 Å². The summed E-state index contributed by atoms with van der Waals surface area (Å²) >= 11 is 1.48. The van der Waals surface area contributed by atoms with Crippen LogP contribution in [0.3, 0.4) is 0 Å². The molecule has 7 nitrogen and oxygen atoms in total. The van der Waals surface area contributed by atoms with Crippen molar-refractivity contribution >= 4 is 42.6 Å². The minimum Gasteiger partial charge on any atom is -0.467 e. The lowest BCUT2D eigenvalue weighted by Crippen LogP contribution is -2.46. The molecule has 0 radical (unpaired) electrons. The molecule has 9 heteroatoms. The molecule has 2 aromatic carbocycles. The summed E-state index contributed by atoms with van der Waals surface area (Å²) in [5.74, 6) is 0.342. The number of aryl methyl sites for hydroxylation is 1. The number of piperidine rings is 1. The summed E-state index contributed by atoms with van der Waals surface area (Å²) in [6, 6.07) is 16.6. The fourth-order valence-electron chi connectivity index (χ4n) is 4.78. The first-order valence-corrected chi connectivity index (χ1v) is 14.8. The quantitative estimate of drug-likeness (QED) is 0.291. The summed E-state index contributed by atoms with van der Waals surface area (Å²) < 4.78 is 34.8. The SMILES string of the molecule is Cc1ccc(S(=O)(=O)N2CCCC(C(=O)N(Cc3ccco3)c3nc4c(C(C)C)cccc4s3)C2)cc1. The molecule has 1 aliphatic rings. The predicted molar refractivity (Wildman–Crippen MR) is 146 cm³/mol. The van der Waals surface area contributed by atoms with Crippen LogP contribution in [0, 0.1) is 12.8 Å². The van der Waals surface area contributed by atoms with Crippen molar-refractivity contribution < 1.29 is 17.6 Å². The average molecular weight is 538 g/mol. The number of hydrogen-bond acceptors (Lipinski definition) is 6. The van der Waals surface area contributed by atoms with E-state index in [0.717, 1.165) is 21.3 Å². The Balaban J connectivity index is 1.46. The Kier molecular flexibility index (Phi) is 7.20. The second-order valence-electron chi connectivity index (χ2n) is 9.86. The highest BCUT2D eigenvalue weighted by Crippen LogP contribution is 2.36. The Morgan fingerprint density at radius 2 is 1.95 bits per heavy atom. The van der Waals surface area contributed by atoms with E-state index in [9.17, 15) is 13.2 Å². The van der Waals surface area contributed by atoms with Crippen LogP contribution in [-0.4, -0.2) is 36.7 Å². The van der Waals surface area contributed by atoms with Crippen molar-refractivity contribution in [2.75, 3.05) is 18.0 Å². The number of rotatable bonds is 7. The summed E-state index contributed by atoms with van der Waals surface area (Å²) in [4.78, 5) is 20.8. The second-order valence-corrected chi connectivity index (χ2v) is 12.8. The van der Waals surface area contributed by atoms with Crippen molar-refractivity contribution in [1.82, 2.24) is 9.29 Å². The molecule has 5 rings (SSSR count). The van der Waals surface area contributed by atoms with Gasteiger partial charge in [-0.05, 0) is 61.6 Å². The van der Waals surface area contributed by atoms with Gasteiger partial charge in [-0.3, -0.25) is 9.69 Å². The first-order chi connectivity index (χ1) is 17.7. The van der Waals surface area contributed by atoms with Gasteiger partial charge in [0.1, 0.15) is 5.76 Å². The normalized spacial score (nSPS) is 16.9. The molecular formula is C28H31N3O4S2. The van der Waals surface area contributed by atoms with Gasteiger partial charge in [0.15, 0.2) is 5.13 Å². The van der Waals surface area contributed by atoms with E-state index in [1.807, 2.05) is 25.1 Å². The Morgan fingerprint density at radius 3 is 2.65 bits per heavy atom. The fourth-order valence-corrected chi connectivity index (χ4v) is 7.31. The largest absolute Gasteiger partial charge is 0.467 e. The van der Waals surface area contributed by atoms with Gasteiger partial charge < -0.3 is 4.42 Å². The van der Waals surface area contributed by atoms with Gasteiger partial charge in [-0.1, -0.05) is 55.0 Å². The van der Waals surface area contributed by atoms with Gasteiger partial charge in [-0.15, -0.1) is 0 Å². The first-order valence-electron chi connectivity index (χ1n) is 12.5. The monoisotopic (exact) mass is 537 g/mol. The molecule has 37 heavy (non-hydrogen) atoms. The molecule has 2 aromatic heterocycles. The van der Waals surface area contributed by atoms with E-state index < -0.39 is 15.9 Å². The van der Waals surface area contributed by atoms with Gasteiger partial charge in [0.2, 0.25) is 15.9 Å². The zero-order valence-corrected chi connectivity index (χ0v) is 22.9. The van der Waals surface area contributed by atoms with Crippen LogP contribution in [0.4, 0.5) is 5.13 Å². The standard InChI is InChI=1S/C28H31N3O4S2/c1-19(2)24-9-4-10-25-26(24)29-28(36-25)31(18-22-8-6-16-35-22)27(32)21-7-5-15-30(17-21)37(33,34)23-13-11-20(3)12-14-23/h4,6,8-14,16,19,21H,5,7,15,17-18H2,1-3H3. The van der Waals surface area contributed by atoms with Crippen LogP contribution in [0.1, 0.15) is 49.5 Å². The number of amides is 1. The van der Waals surface area contributed by atoms with E-state index in [1.54, 1.807) is 41.5 Å². The molecule has 0 aliphatic carbocycles. The highest BCUT2D eigenvalue weighted by molar-refractivity contribution is 7.89. The van der Waals surface area contributed by atoms with Gasteiger partial charge in [-0.25, -0.2) is 13.4 Å². The van der Waals surface area contributed by atoms with E-state index in [2.05, 4.69) is 19.9 Å². The molecule has 0 spiro atoms. The maximum atomic E-state index is 14.0. The molecule has 0 N–H and O–H groups in total. The van der Waals surface area contributed by atoms with Gasteiger partial charge in [0.25, 0.3) is 0 Å². The minimum absolute atomic E-state index is 0.134. The Morgan fingerprint density at radius 1 is 1.16 bits per heavy atom. The zero-order chi connectivity index (χ0) is 26.2. The molecule has 1 atom stereocenters. The average Bonchev–Trinajstić information content (AvgIpc) is 3.56. The molecule has 3 heterocycles.